The molecule has 0 aromatic heterocycles. The van der Waals surface area contributed by atoms with Crippen LogP contribution in [0.4, 0.5) is 0 Å². The van der Waals surface area contributed by atoms with Crippen molar-refractivity contribution in [3.8, 4) is 0 Å². The van der Waals surface area contributed by atoms with E-state index in [0.717, 1.165) is 45.1 Å². The third kappa shape index (κ3) is 2.80. The molecule has 4 aliphatic carbocycles. The molecule has 6 rings (SSSR count). The molecule has 0 amide bonds. The summed E-state index contributed by atoms with van der Waals surface area (Å²) in [5.74, 6) is 3.58. The summed E-state index contributed by atoms with van der Waals surface area (Å²) in [6.07, 6.45) is 9.58. The Morgan fingerprint density at radius 2 is 1.58 bits per heavy atom. The Labute approximate surface area is 188 Å². The molecule has 4 saturated carbocycles. The molecule has 2 saturated heterocycles. The van der Waals surface area contributed by atoms with Crippen molar-refractivity contribution in [2.75, 3.05) is 6.61 Å². The molecule has 31 heavy (non-hydrogen) atoms. The first-order valence-corrected chi connectivity index (χ1v) is 13.4. The van der Waals surface area contributed by atoms with Crippen LogP contribution in [-0.4, -0.2) is 40.9 Å². The molecule has 0 unspecified atom stereocenters. The molecule has 13 atom stereocenters. The van der Waals surface area contributed by atoms with Gasteiger partial charge in [-0.25, -0.2) is 0 Å². The Morgan fingerprint density at radius 3 is 2.32 bits per heavy atom. The Morgan fingerprint density at radius 1 is 0.806 bits per heavy atom. The largest absolute Gasteiger partial charge is 0.393 e. The summed E-state index contributed by atoms with van der Waals surface area (Å²) in [5.41, 5.74) is 0.495. The number of hydrogen-bond acceptors (Lipinski definition) is 4. The van der Waals surface area contributed by atoms with E-state index < -0.39 is 0 Å². The predicted octanol–water partition coefficient (Wildman–Crippen LogP) is 4.76. The lowest BCUT2D eigenvalue weighted by Gasteiger charge is -2.62. The van der Waals surface area contributed by atoms with Crippen LogP contribution in [-0.2, 0) is 9.47 Å². The fraction of sp³-hybridized carbons (Fsp3) is 1.00. The summed E-state index contributed by atoms with van der Waals surface area (Å²) in [6, 6.07) is 0. The zero-order chi connectivity index (χ0) is 21.8. The smallest absolute Gasteiger partial charge is 0.171 e. The zero-order valence-corrected chi connectivity index (χ0v) is 20.1. The van der Waals surface area contributed by atoms with E-state index in [1.807, 2.05) is 0 Å². The van der Waals surface area contributed by atoms with E-state index in [1.165, 1.54) is 19.3 Å². The van der Waals surface area contributed by atoms with Gasteiger partial charge in [0.25, 0.3) is 0 Å². The van der Waals surface area contributed by atoms with Gasteiger partial charge < -0.3 is 19.7 Å². The van der Waals surface area contributed by atoms with Gasteiger partial charge in [0.15, 0.2) is 5.79 Å². The highest BCUT2D eigenvalue weighted by Gasteiger charge is 2.69. The molecule has 2 heterocycles. The SMILES string of the molecule is C[C@@H]1CC[C@@]2(OC1)O[C@H]1C[C@H]3[C@@H]4C[C@H](O)[C@H]5C[C@@H](O)CC[C@]5(C)[C@H]4CC[C@]3(C)[C@H]1[C@@H]2C. The Kier molecular flexibility index (Phi) is 4.78. The van der Waals surface area contributed by atoms with Crippen LogP contribution in [0.1, 0.15) is 85.5 Å². The third-order valence-corrected chi connectivity index (χ3v) is 11.9. The minimum atomic E-state index is -0.338. The van der Waals surface area contributed by atoms with E-state index >= 15 is 0 Å². The van der Waals surface area contributed by atoms with Crippen molar-refractivity contribution in [2.24, 2.45) is 52.3 Å². The lowest BCUT2D eigenvalue weighted by Crippen LogP contribution is -2.58. The Bertz CT molecular complexity index is 716. The maximum atomic E-state index is 11.2. The van der Waals surface area contributed by atoms with Crippen molar-refractivity contribution in [1.82, 2.24) is 0 Å². The van der Waals surface area contributed by atoms with E-state index in [9.17, 15) is 10.2 Å². The molecule has 6 fully saturated rings. The first-order chi connectivity index (χ1) is 14.7. The number of rotatable bonds is 0. The minimum Gasteiger partial charge on any atom is -0.393 e. The van der Waals surface area contributed by atoms with Gasteiger partial charge in [-0.2, -0.15) is 0 Å². The maximum absolute atomic E-state index is 11.2. The van der Waals surface area contributed by atoms with Crippen molar-refractivity contribution in [3.05, 3.63) is 0 Å². The van der Waals surface area contributed by atoms with E-state index in [4.69, 9.17) is 9.47 Å². The molecular weight excluding hydrogens is 388 g/mol. The second-order valence-electron chi connectivity index (χ2n) is 13.2. The number of fused-ring (bicyclic) bond motifs is 7. The van der Waals surface area contributed by atoms with Gasteiger partial charge in [0.2, 0.25) is 0 Å². The first-order valence-electron chi connectivity index (χ1n) is 13.4. The molecule has 2 N–H and O–H groups in total. The van der Waals surface area contributed by atoms with Gasteiger partial charge in [0.1, 0.15) is 0 Å². The van der Waals surface area contributed by atoms with Crippen LogP contribution < -0.4 is 0 Å². The zero-order valence-electron chi connectivity index (χ0n) is 20.1. The molecule has 6 aliphatic rings. The van der Waals surface area contributed by atoms with Gasteiger partial charge in [-0.3, -0.25) is 0 Å². The molecule has 0 bridgehead atoms. The first kappa shape index (κ1) is 21.4. The van der Waals surface area contributed by atoms with Gasteiger partial charge in [0.05, 0.1) is 24.9 Å². The molecule has 1 spiro atoms. The quantitative estimate of drug-likeness (QED) is 0.579. The average molecular weight is 433 g/mol. The van der Waals surface area contributed by atoms with Crippen LogP contribution in [0.3, 0.4) is 0 Å². The second kappa shape index (κ2) is 6.93. The number of ether oxygens (including phenoxy) is 2. The lowest BCUT2D eigenvalue weighted by atomic mass is 9.43. The van der Waals surface area contributed by atoms with Crippen LogP contribution in [0.25, 0.3) is 0 Å². The number of hydrogen-bond donors (Lipinski definition) is 2. The molecule has 176 valence electrons. The summed E-state index contributed by atoms with van der Waals surface area (Å²) in [5, 5.41) is 21.5. The van der Waals surface area contributed by atoms with E-state index in [2.05, 4.69) is 27.7 Å². The van der Waals surface area contributed by atoms with Crippen LogP contribution in [0.5, 0.6) is 0 Å². The Hall–Kier alpha value is -0.160. The normalized spacial score (nSPS) is 63.3. The summed E-state index contributed by atoms with van der Waals surface area (Å²) in [7, 11) is 0. The minimum absolute atomic E-state index is 0.191. The van der Waals surface area contributed by atoms with Crippen molar-refractivity contribution in [1.29, 1.82) is 0 Å². The van der Waals surface area contributed by atoms with E-state index in [-0.39, 0.29) is 29.3 Å². The van der Waals surface area contributed by atoms with Crippen molar-refractivity contribution in [2.45, 2.75) is 110 Å². The van der Waals surface area contributed by atoms with Gasteiger partial charge in [0, 0.05) is 12.3 Å². The summed E-state index contributed by atoms with van der Waals surface area (Å²) in [6.45, 7) is 10.6. The van der Waals surface area contributed by atoms with E-state index in [1.54, 1.807) is 0 Å². The number of aliphatic hydroxyl groups excluding tert-OH is 2. The Balaban J connectivity index is 1.28. The maximum Gasteiger partial charge on any atom is 0.171 e. The fourth-order valence-corrected chi connectivity index (χ4v) is 10.3. The highest BCUT2D eigenvalue weighted by molar-refractivity contribution is 5.16. The molecule has 2 aliphatic heterocycles. The van der Waals surface area contributed by atoms with Crippen LogP contribution in [0.15, 0.2) is 0 Å². The highest BCUT2D eigenvalue weighted by Crippen LogP contribution is 2.71. The summed E-state index contributed by atoms with van der Waals surface area (Å²) in [4.78, 5) is 0. The lowest BCUT2D eigenvalue weighted by molar-refractivity contribution is -0.273. The van der Waals surface area contributed by atoms with Crippen molar-refractivity contribution < 1.29 is 19.7 Å². The van der Waals surface area contributed by atoms with Crippen LogP contribution >= 0.6 is 0 Å². The van der Waals surface area contributed by atoms with Gasteiger partial charge in [-0.15, -0.1) is 0 Å². The average Bonchev–Trinajstić information content (AvgIpc) is 3.17. The van der Waals surface area contributed by atoms with Crippen LogP contribution in [0.2, 0.25) is 0 Å². The molecule has 0 aromatic rings. The fourth-order valence-electron chi connectivity index (χ4n) is 10.3. The van der Waals surface area contributed by atoms with E-state index in [0.29, 0.717) is 47.0 Å². The molecule has 4 heteroatoms. The predicted molar refractivity (Wildman–Crippen MR) is 119 cm³/mol. The van der Waals surface area contributed by atoms with Crippen molar-refractivity contribution in [3.63, 3.8) is 0 Å². The van der Waals surface area contributed by atoms with Crippen molar-refractivity contribution >= 4 is 0 Å². The summed E-state index contributed by atoms with van der Waals surface area (Å²) >= 11 is 0. The van der Waals surface area contributed by atoms with Gasteiger partial charge >= 0.3 is 0 Å². The molecule has 4 nitrogen and oxygen atoms in total. The van der Waals surface area contributed by atoms with Crippen LogP contribution in [0, 0.1) is 52.3 Å². The summed E-state index contributed by atoms with van der Waals surface area (Å²) < 4.78 is 13.3. The monoisotopic (exact) mass is 432 g/mol. The second-order valence-corrected chi connectivity index (χ2v) is 13.2. The third-order valence-electron chi connectivity index (χ3n) is 11.9. The van der Waals surface area contributed by atoms with Gasteiger partial charge in [-0.05, 0) is 97.7 Å². The topological polar surface area (TPSA) is 58.9 Å². The molecular formula is C27H44O4. The standard InChI is InChI=1S/C27H44O4/c1-15-5-10-27(30-14-15)16(2)24-23(31-27)13-20-18-12-22(29)21-11-17(28)6-8-25(21,3)19(18)7-9-26(20,24)4/h15-24,28-29H,5-14H2,1-4H3/t15-,16+,17+,18-,19+,20+,21-,22+,23+,24+,25-,26+,27-/m1/s1. The molecule has 0 aromatic carbocycles. The number of aliphatic hydroxyl groups is 2. The van der Waals surface area contributed by atoms with Gasteiger partial charge in [-0.1, -0.05) is 27.7 Å². The molecule has 0 radical (unpaired) electrons. The highest BCUT2D eigenvalue weighted by atomic mass is 16.7.